The highest BCUT2D eigenvalue weighted by molar-refractivity contribution is 7.80. The summed E-state index contributed by atoms with van der Waals surface area (Å²) in [5.41, 5.74) is -2.90. The molecule has 1 aliphatic heterocycles. The highest BCUT2D eigenvalue weighted by atomic mass is 32.1. The average molecular weight is 289 g/mol. The number of hydrogen-bond donors (Lipinski definition) is 1. The molecule has 0 bridgehead atoms. The van der Waals surface area contributed by atoms with Crippen LogP contribution in [0.25, 0.3) is 0 Å². The van der Waals surface area contributed by atoms with Gasteiger partial charge in [-0.2, -0.15) is 0 Å². The first kappa shape index (κ1) is 14.3. The van der Waals surface area contributed by atoms with Crippen LogP contribution in [-0.2, 0) is 10.3 Å². The van der Waals surface area contributed by atoms with Gasteiger partial charge in [0, 0.05) is 5.56 Å². The van der Waals surface area contributed by atoms with Gasteiger partial charge < -0.3 is 10.1 Å². The van der Waals surface area contributed by atoms with Crippen LogP contribution in [-0.4, -0.2) is 23.6 Å². The van der Waals surface area contributed by atoms with Gasteiger partial charge in [0.25, 0.3) is 6.43 Å². The molecule has 1 saturated heterocycles. The van der Waals surface area contributed by atoms with E-state index < -0.39 is 23.4 Å². The molecule has 1 aliphatic rings. The Hall–Kier alpha value is -1.14. The van der Waals surface area contributed by atoms with Crippen molar-refractivity contribution in [2.75, 3.05) is 6.61 Å². The first-order valence-corrected chi connectivity index (χ1v) is 6.20. The molecule has 2 rings (SSSR count). The summed E-state index contributed by atoms with van der Waals surface area (Å²) in [6.45, 7) is 3.01. The van der Waals surface area contributed by atoms with Crippen LogP contribution in [0.1, 0.15) is 19.4 Å². The van der Waals surface area contributed by atoms with Crippen molar-refractivity contribution in [3.8, 4) is 0 Å². The van der Waals surface area contributed by atoms with Crippen molar-refractivity contribution >= 4 is 17.2 Å². The Morgan fingerprint density at radius 3 is 2.47 bits per heavy atom. The molecule has 1 N–H and O–H groups in total. The number of ether oxygens (including phenoxy) is 1. The summed E-state index contributed by atoms with van der Waals surface area (Å²) in [6.07, 6.45) is -2.85. The van der Waals surface area contributed by atoms with Gasteiger partial charge in [-0.1, -0.05) is 30.4 Å². The molecule has 1 aromatic rings. The van der Waals surface area contributed by atoms with Crippen LogP contribution in [0.5, 0.6) is 0 Å². The number of rotatable bonds is 2. The van der Waals surface area contributed by atoms with Gasteiger partial charge in [0.2, 0.25) is 0 Å². The van der Waals surface area contributed by atoms with E-state index in [2.05, 4.69) is 5.32 Å². The zero-order valence-electron chi connectivity index (χ0n) is 10.5. The lowest BCUT2D eigenvalue weighted by Gasteiger charge is -2.45. The fourth-order valence-electron chi connectivity index (χ4n) is 1.95. The fourth-order valence-corrected chi connectivity index (χ4v) is 2.19. The molecule has 0 amide bonds. The second-order valence-electron chi connectivity index (χ2n) is 5.01. The summed E-state index contributed by atoms with van der Waals surface area (Å²) < 4.78 is 46.2. The number of hydrogen-bond acceptors (Lipinski definition) is 2. The fraction of sp³-hybridized carbons (Fsp3) is 0.462. The lowest BCUT2D eigenvalue weighted by molar-refractivity contribution is -0.0826. The second-order valence-corrected chi connectivity index (χ2v) is 5.41. The Morgan fingerprint density at radius 2 is 1.95 bits per heavy atom. The molecular weight excluding hydrogens is 275 g/mol. The van der Waals surface area contributed by atoms with Crippen LogP contribution in [0.2, 0.25) is 0 Å². The minimum absolute atomic E-state index is 0.136. The van der Waals surface area contributed by atoms with Gasteiger partial charge >= 0.3 is 0 Å². The molecule has 0 saturated carbocycles. The van der Waals surface area contributed by atoms with Crippen molar-refractivity contribution in [2.45, 2.75) is 31.4 Å². The molecule has 0 aromatic heterocycles. The third kappa shape index (κ3) is 2.34. The van der Waals surface area contributed by atoms with Gasteiger partial charge in [0.1, 0.15) is 16.4 Å². The van der Waals surface area contributed by atoms with Crippen LogP contribution in [0, 0.1) is 5.82 Å². The van der Waals surface area contributed by atoms with Crippen molar-refractivity contribution in [2.24, 2.45) is 0 Å². The van der Waals surface area contributed by atoms with E-state index in [1.807, 2.05) is 0 Å². The van der Waals surface area contributed by atoms with Gasteiger partial charge in [0.05, 0.1) is 6.61 Å². The molecule has 19 heavy (non-hydrogen) atoms. The number of morpholine rings is 1. The zero-order valence-corrected chi connectivity index (χ0v) is 11.4. The predicted molar refractivity (Wildman–Crippen MR) is 69.8 cm³/mol. The molecule has 0 spiro atoms. The smallest absolute Gasteiger partial charge is 0.267 e. The molecule has 1 unspecified atom stereocenters. The molecular formula is C13H14F3NOS. The maximum Gasteiger partial charge on any atom is 0.267 e. The van der Waals surface area contributed by atoms with Crippen molar-refractivity contribution in [3.63, 3.8) is 0 Å². The normalized spacial score (nSPS) is 26.3. The molecule has 0 aliphatic carbocycles. The third-order valence-electron chi connectivity index (χ3n) is 3.27. The number of thiocarbonyl (C=S) groups is 1. The molecule has 1 aromatic carbocycles. The number of nitrogens with one attached hydrogen (secondary N) is 1. The quantitative estimate of drug-likeness (QED) is 0.846. The van der Waals surface area contributed by atoms with E-state index in [1.54, 1.807) is 13.8 Å². The largest absolute Gasteiger partial charge is 0.365 e. The Labute approximate surface area is 114 Å². The first-order valence-electron chi connectivity index (χ1n) is 5.79. The van der Waals surface area contributed by atoms with E-state index in [0.29, 0.717) is 0 Å². The standard InChI is InChI=1S/C13H14F3NOS/c1-12(2)11(19)17-13(7-18-12,10(15)16)8-5-3-4-6-9(8)14/h3-6,10H,7H2,1-2H3,(H,17,19). The van der Waals surface area contributed by atoms with Crippen molar-refractivity contribution in [1.82, 2.24) is 5.32 Å². The number of alkyl halides is 2. The highest BCUT2D eigenvalue weighted by Gasteiger charge is 2.50. The summed E-state index contributed by atoms with van der Waals surface area (Å²) in [7, 11) is 0. The predicted octanol–water partition coefficient (Wildman–Crippen LogP) is 3.01. The van der Waals surface area contributed by atoms with E-state index in [0.717, 1.165) is 6.07 Å². The lowest BCUT2D eigenvalue weighted by atomic mass is 9.87. The van der Waals surface area contributed by atoms with Gasteiger partial charge in [-0.05, 0) is 19.9 Å². The van der Waals surface area contributed by atoms with Gasteiger partial charge in [-0.3, -0.25) is 0 Å². The minimum Gasteiger partial charge on any atom is -0.365 e. The van der Waals surface area contributed by atoms with Crippen LogP contribution < -0.4 is 5.32 Å². The first-order chi connectivity index (χ1) is 8.79. The van der Waals surface area contributed by atoms with E-state index >= 15 is 0 Å². The molecule has 1 fully saturated rings. The minimum atomic E-state index is -2.85. The van der Waals surface area contributed by atoms with Gasteiger partial charge in [0.15, 0.2) is 5.54 Å². The maximum absolute atomic E-state index is 13.8. The third-order valence-corrected chi connectivity index (χ3v) is 3.86. The second kappa shape index (κ2) is 4.76. The van der Waals surface area contributed by atoms with Crippen LogP contribution >= 0.6 is 12.2 Å². The van der Waals surface area contributed by atoms with Crippen molar-refractivity contribution in [3.05, 3.63) is 35.6 Å². The van der Waals surface area contributed by atoms with Crippen molar-refractivity contribution < 1.29 is 17.9 Å². The molecule has 6 heteroatoms. The Morgan fingerprint density at radius 1 is 1.32 bits per heavy atom. The van der Waals surface area contributed by atoms with E-state index in [9.17, 15) is 13.2 Å². The highest BCUT2D eigenvalue weighted by Crippen LogP contribution is 2.36. The molecule has 104 valence electrons. The molecule has 1 heterocycles. The van der Waals surface area contributed by atoms with Crippen LogP contribution in [0.15, 0.2) is 24.3 Å². The Bertz CT molecular complexity index is 506. The summed E-state index contributed by atoms with van der Waals surface area (Å²) in [6, 6.07) is 5.42. The number of halogens is 3. The zero-order chi connectivity index (χ0) is 14.3. The van der Waals surface area contributed by atoms with Gasteiger partial charge in [-0.15, -0.1) is 0 Å². The summed E-state index contributed by atoms with van der Waals surface area (Å²) >= 11 is 5.06. The summed E-state index contributed by atoms with van der Waals surface area (Å²) in [4.78, 5) is 0.141. The Kier molecular flexibility index (Phi) is 3.57. The van der Waals surface area contributed by atoms with Gasteiger partial charge in [-0.25, -0.2) is 13.2 Å². The monoisotopic (exact) mass is 289 g/mol. The van der Waals surface area contributed by atoms with Crippen LogP contribution in [0.4, 0.5) is 13.2 Å². The molecule has 1 atom stereocenters. The van der Waals surface area contributed by atoms with E-state index in [1.165, 1.54) is 18.2 Å². The molecule has 0 radical (unpaired) electrons. The van der Waals surface area contributed by atoms with E-state index in [-0.39, 0.29) is 17.2 Å². The average Bonchev–Trinajstić information content (AvgIpc) is 2.33. The topological polar surface area (TPSA) is 21.3 Å². The Balaban J connectivity index is 2.47. The summed E-state index contributed by atoms with van der Waals surface area (Å²) in [5.74, 6) is -0.707. The summed E-state index contributed by atoms with van der Waals surface area (Å²) in [5, 5.41) is 2.59. The lowest BCUT2D eigenvalue weighted by Crippen LogP contribution is -2.64. The van der Waals surface area contributed by atoms with E-state index in [4.69, 9.17) is 17.0 Å². The van der Waals surface area contributed by atoms with Crippen LogP contribution in [0.3, 0.4) is 0 Å². The maximum atomic E-state index is 13.8. The number of benzene rings is 1. The van der Waals surface area contributed by atoms with Crippen molar-refractivity contribution in [1.29, 1.82) is 0 Å². The molecule has 2 nitrogen and oxygen atoms in total. The SMILES string of the molecule is CC1(C)OCC(c2ccccc2F)(C(F)F)NC1=S.